The number of ether oxygens (including phenoxy) is 3. The van der Waals surface area contributed by atoms with Gasteiger partial charge in [-0.05, 0) is 49.1 Å². The molecule has 0 aliphatic rings. The van der Waals surface area contributed by atoms with Gasteiger partial charge in [0.05, 0.1) is 42.2 Å². The van der Waals surface area contributed by atoms with Gasteiger partial charge in [0.2, 0.25) is 5.95 Å². The molecule has 10 heteroatoms. The molecule has 0 amide bonds. The van der Waals surface area contributed by atoms with Gasteiger partial charge < -0.3 is 19.5 Å². The van der Waals surface area contributed by atoms with E-state index in [-0.39, 0.29) is 65.9 Å². The van der Waals surface area contributed by atoms with E-state index in [1.54, 1.807) is 0 Å². The van der Waals surface area contributed by atoms with Crippen LogP contribution in [0.15, 0.2) is 24.8 Å². The standard InChI is InChI=1S/C36H56N4O6/c1-7-13-16-26(10-4)21-44-33(41)29-19-30(34(42)45-22-27(11-5)17-14-8-2)32(40-36-38-24-37-25-39-36)31(20-29)35(43)46-23-28(12-6)18-15-9-3/h19-20,24-28H,7-18,21-23H2,1-6H3,(H,37,38,39,40). The Hall–Kier alpha value is -3.56. The molecule has 1 aromatic heterocycles. The number of hydrogen-bond acceptors (Lipinski definition) is 10. The van der Waals surface area contributed by atoms with E-state index in [1.165, 1.54) is 24.8 Å². The van der Waals surface area contributed by atoms with Crippen LogP contribution < -0.4 is 5.32 Å². The van der Waals surface area contributed by atoms with Crippen molar-refractivity contribution in [3.05, 3.63) is 41.5 Å². The predicted molar refractivity (Wildman–Crippen MR) is 180 cm³/mol. The second kappa shape index (κ2) is 22.0. The van der Waals surface area contributed by atoms with Gasteiger partial charge in [-0.15, -0.1) is 0 Å². The fourth-order valence-corrected chi connectivity index (χ4v) is 5.15. The third-order valence-corrected chi connectivity index (χ3v) is 8.52. The molecule has 2 aromatic rings. The van der Waals surface area contributed by atoms with Gasteiger partial charge in [0.25, 0.3) is 0 Å². The maximum Gasteiger partial charge on any atom is 0.340 e. The minimum atomic E-state index is -0.668. The summed E-state index contributed by atoms with van der Waals surface area (Å²) in [6.07, 6.45) is 14.3. The molecule has 1 aromatic carbocycles. The molecule has 3 atom stereocenters. The maximum absolute atomic E-state index is 13.7. The number of anilines is 2. The average molecular weight is 641 g/mol. The van der Waals surface area contributed by atoms with Crippen molar-refractivity contribution in [3.8, 4) is 0 Å². The Morgan fingerprint density at radius 3 is 1.39 bits per heavy atom. The van der Waals surface area contributed by atoms with Crippen molar-refractivity contribution < 1.29 is 28.6 Å². The zero-order chi connectivity index (χ0) is 33.7. The second-order valence-electron chi connectivity index (χ2n) is 12.1. The molecule has 10 nitrogen and oxygen atoms in total. The number of carbonyl (C=O) groups excluding carboxylic acids is 3. The van der Waals surface area contributed by atoms with Crippen LogP contribution in [0.5, 0.6) is 0 Å². The molecule has 0 saturated carbocycles. The first kappa shape index (κ1) is 38.6. The van der Waals surface area contributed by atoms with Crippen molar-refractivity contribution in [1.82, 2.24) is 15.0 Å². The van der Waals surface area contributed by atoms with E-state index < -0.39 is 17.9 Å². The second-order valence-corrected chi connectivity index (χ2v) is 12.1. The highest BCUT2D eigenvalue weighted by Gasteiger charge is 2.27. The zero-order valence-corrected chi connectivity index (χ0v) is 28.9. The Bertz CT molecular complexity index is 1140. The van der Waals surface area contributed by atoms with Gasteiger partial charge >= 0.3 is 17.9 Å². The van der Waals surface area contributed by atoms with E-state index >= 15 is 0 Å². The van der Waals surface area contributed by atoms with Crippen molar-refractivity contribution in [2.75, 3.05) is 25.1 Å². The normalized spacial score (nSPS) is 13.0. The van der Waals surface area contributed by atoms with Crippen LogP contribution in [0.2, 0.25) is 0 Å². The van der Waals surface area contributed by atoms with Crippen molar-refractivity contribution in [2.45, 2.75) is 119 Å². The van der Waals surface area contributed by atoms with Gasteiger partial charge in [0.15, 0.2) is 0 Å². The number of nitrogens with one attached hydrogen (secondary N) is 1. The topological polar surface area (TPSA) is 130 Å². The number of carbonyl (C=O) groups is 3. The van der Waals surface area contributed by atoms with Gasteiger partial charge in [-0.2, -0.15) is 0 Å². The molecule has 46 heavy (non-hydrogen) atoms. The largest absolute Gasteiger partial charge is 0.462 e. The number of unbranched alkanes of at least 4 members (excludes halogenated alkanes) is 3. The van der Waals surface area contributed by atoms with E-state index in [0.29, 0.717) is 0 Å². The molecule has 0 fully saturated rings. The van der Waals surface area contributed by atoms with Gasteiger partial charge in [0.1, 0.15) is 12.7 Å². The lowest BCUT2D eigenvalue weighted by Gasteiger charge is -2.20. The molecule has 0 radical (unpaired) electrons. The van der Waals surface area contributed by atoms with E-state index in [0.717, 1.165) is 77.0 Å². The summed E-state index contributed by atoms with van der Waals surface area (Å²) in [6.45, 7) is 13.3. The average Bonchev–Trinajstić information content (AvgIpc) is 3.08. The molecular weight excluding hydrogens is 584 g/mol. The summed E-state index contributed by atoms with van der Waals surface area (Å²) in [5.74, 6) is -1.20. The molecule has 256 valence electrons. The smallest absolute Gasteiger partial charge is 0.340 e. The molecular formula is C36H56N4O6. The highest BCUT2D eigenvalue weighted by Crippen LogP contribution is 2.29. The number of hydrogen-bond donors (Lipinski definition) is 1. The number of aromatic nitrogens is 3. The third-order valence-electron chi connectivity index (χ3n) is 8.52. The number of esters is 3. The summed E-state index contributed by atoms with van der Waals surface area (Å²) in [5, 5.41) is 3.01. The molecule has 0 saturated heterocycles. The molecule has 0 spiro atoms. The summed E-state index contributed by atoms with van der Waals surface area (Å²) in [7, 11) is 0. The van der Waals surface area contributed by atoms with E-state index in [4.69, 9.17) is 14.2 Å². The summed E-state index contributed by atoms with van der Waals surface area (Å²) in [5.41, 5.74) is 0.184. The van der Waals surface area contributed by atoms with Gasteiger partial charge in [-0.1, -0.05) is 99.3 Å². The van der Waals surface area contributed by atoms with Gasteiger partial charge in [0, 0.05) is 0 Å². The predicted octanol–water partition coefficient (Wildman–Crippen LogP) is 8.73. The van der Waals surface area contributed by atoms with Gasteiger partial charge in [-0.3, -0.25) is 0 Å². The Balaban J connectivity index is 2.54. The van der Waals surface area contributed by atoms with Crippen LogP contribution in [-0.4, -0.2) is 52.7 Å². The highest BCUT2D eigenvalue weighted by molar-refractivity contribution is 6.08. The lowest BCUT2D eigenvalue weighted by atomic mass is 9.99. The van der Waals surface area contributed by atoms with E-state index in [9.17, 15) is 14.4 Å². The van der Waals surface area contributed by atoms with Crippen LogP contribution in [0.3, 0.4) is 0 Å². The number of rotatable bonds is 23. The zero-order valence-electron chi connectivity index (χ0n) is 28.9. The number of nitrogens with zero attached hydrogens (tertiary/aromatic N) is 3. The fraction of sp³-hybridized carbons (Fsp3) is 0.667. The van der Waals surface area contributed by atoms with Crippen molar-refractivity contribution in [1.29, 1.82) is 0 Å². The van der Waals surface area contributed by atoms with Crippen molar-refractivity contribution in [2.24, 2.45) is 17.8 Å². The molecule has 1 heterocycles. The monoisotopic (exact) mass is 640 g/mol. The molecule has 3 unspecified atom stereocenters. The molecule has 1 N–H and O–H groups in total. The summed E-state index contributed by atoms with van der Waals surface area (Å²) < 4.78 is 17.3. The Morgan fingerprint density at radius 1 is 0.630 bits per heavy atom. The van der Waals surface area contributed by atoms with Crippen LogP contribution in [0.1, 0.15) is 150 Å². The fourth-order valence-electron chi connectivity index (χ4n) is 5.15. The van der Waals surface area contributed by atoms with Crippen molar-refractivity contribution in [3.63, 3.8) is 0 Å². The van der Waals surface area contributed by atoms with Crippen LogP contribution in [0.4, 0.5) is 11.6 Å². The first-order valence-electron chi connectivity index (χ1n) is 17.4. The van der Waals surface area contributed by atoms with Crippen LogP contribution >= 0.6 is 0 Å². The first-order chi connectivity index (χ1) is 22.3. The lowest BCUT2D eigenvalue weighted by molar-refractivity contribution is 0.0425. The first-order valence-corrected chi connectivity index (χ1v) is 17.4. The maximum atomic E-state index is 13.7. The summed E-state index contributed by atoms with van der Waals surface area (Å²) >= 11 is 0. The number of benzene rings is 1. The summed E-state index contributed by atoms with van der Waals surface area (Å²) in [6, 6.07) is 2.84. The summed E-state index contributed by atoms with van der Waals surface area (Å²) in [4.78, 5) is 53.0. The van der Waals surface area contributed by atoms with Gasteiger partial charge in [-0.25, -0.2) is 29.3 Å². The Labute approximate surface area is 275 Å². The van der Waals surface area contributed by atoms with Crippen LogP contribution in [0.25, 0.3) is 0 Å². The molecule has 0 bridgehead atoms. The highest BCUT2D eigenvalue weighted by atomic mass is 16.5. The van der Waals surface area contributed by atoms with E-state index in [1.807, 2.05) is 0 Å². The lowest BCUT2D eigenvalue weighted by Crippen LogP contribution is -2.21. The Morgan fingerprint density at radius 2 is 1.02 bits per heavy atom. The Kier molecular flexibility index (Phi) is 18.5. The minimum Gasteiger partial charge on any atom is -0.462 e. The molecule has 0 aliphatic carbocycles. The molecule has 2 rings (SSSR count). The van der Waals surface area contributed by atoms with Crippen LogP contribution in [-0.2, 0) is 14.2 Å². The minimum absolute atomic E-state index is 0.00297. The van der Waals surface area contributed by atoms with Crippen molar-refractivity contribution >= 4 is 29.5 Å². The third kappa shape index (κ3) is 13.0. The SMILES string of the molecule is CCCCC(CC)COC(=O)c1cc(C(=O)OCC(CC)CCCC)c(Nc2ncncn2)c(C(=O)OCC(CC)CCCC)c1. The van der Waals surface area contributed by atoms with E-state index in [2.05, 4.69) is 61.8 Å². The molecule has 0 aliphatic heterocycles. The quantitative estimate of drug-likeness (QED) is 0.0929. The van der Waals surface area contributed by atoms with Crippen LogP contribution in [0, 0.1) is 17.8 Å².